The molecular formula is C28H34Cl2FN3O4. The Kier molecular flexibility index (Phi) is 8.13. The van der Waals surface area contributed by atoms with Crippen LogP contribution >= 0.6 is 23.2 Å². The van der Waals surface area contributed by atoms with Crippen molar-refractivity contribution in [3.05, 3.63) is 63.4 Å². The van der Waals surface area contributed by atoms with E-state index in [0.29, 0.717) is 28.3 Å². The first kappa shape index (κ1) is 28.8. The van der Waals surface area contributed by atoms with Gasteiger partial charge in [0.2, 0.25) is 11.8 Å². The van der Waals surface area contributed by atoms with Gasteiger partial charge in [0.25, 0.3) is 0 Å². The summed E-state index contributed by atoms with van der Waals surface area (Å²) in [4.78, 5) is 29.5. The molecule has 7 nitrogen and oxygen atoms in total. The van der Waals surface area contributed by atoms with E-state index >= 15 is 0 Å². The van der Waals surface area contributed by atoms with Gasteiger partial charge in [-0.2, -0.15) is 0 Å². The van der Waals surface area contributed by atoms with Gasteiger partial charge >= 0.3 is 0 Å². The number of benzene rings is 2. The number of aliphatic hydroxyl groups is 2. The first-order valence-electron chi connectivity index (χ1n) is 12.7. The third kappa shape index (κ3) is 5.17. The number of likely N-dealkylation sites (N-methyl/N-ethyl adjacent to an activating group) is 1. The van der Waals surface area contributed by atoms with Gasteiger partial charge in [0.05, 0.1) is 23.8 Å². The summed E-state index contributed by atoms with van der Waals surface area (Å²) >= 11 is 12.5. The molecule has 4 rings (SSSR count). The molecule has 38 heavy (non-hydrogen) atoms. The summed E-state index contributed by atoms with van der Waals surface area (Å²) in [7, 11) is 1.62. The largest absolute Gasteiger partial charge is 0.394 e. The van der Waals surface area contributed by atoms with Gasteiger partial charge in [-0.05, 0) is 53.6 Å². The average Bonchev–Trinajstić information content (AvgIpc) is 3.31. The number of nitrogens with one attached hydrogen (secondary N) is 2. The third-order valence-electron chi connectivity index (χ3n) is 7.56. The van der Waals surface area contributed by atoms with Crippen LogP contribution in [0.1, 0.15) is 50.7 Å². The van der Waals surface area contributed by atoms with Crippen molar-refractivity contribution in [3.8, 4) is 0 Å². The van der Waals surface area contributed by atoms with Crippen LogP contribution in [0.3, 0.4) is 0 Å². The van der Waals surface area contributed by atoms with Crippen LogP contribution in [0.5, 0.6) is 0 Å². The van der Waals surface area contributed by atoms with Crippen LogP contribution in [0.15, 0.2) is 36.4 Å². The molecule has 1 fully saturated rings. The first-order valence-corrected chi connectivity index (χ1v) is 13.4. The summed E-state index contributed by atoms with van der Waals surface area (Å²) in [5.74, 6) is -2.00. The molecule has 2 amide bonds. The molecule has 2 aromatic carbocycles. The van der Waals surface area contributed by atoms with Crippen LogP contribution in [0.2, 0.25) is 10.0 Å². The summed E-state index contributed by atoms with van der Waals surface area (Å²) in [6, 6.07) is 8.38. The maximum Gasteiger partial charge on any atom is 0.240 e. The van der Waals surface area contributed by atoms with E-state index in [1.807, 2.05) is 26.8 Å². The Morgan fingerprint density at radius 2 is 1.95 bits per heavy atom. The molecule has 2 heterocycles. The van der Waals surface area contributed by atoms with Crippen LogP contribution in [0, 0.1) is 11.2 Å². The molecule has 5 atom stereocenters. The summed E-state index contributed by atoms with van der Waals surface area (Å²) in [6.45, 7) is 5.93. The van der Waals surface area contributed by atoms with Crippen LogP contribution < -0.4 is 10.6 Å². The van der Waals surface area contributed by atoms with Gasteiger partial charge in [0.1, 0.15) is 11.2 Å². The fourth-order valence-corrected chi connectivity index (χ4v) is 6.26. The minimum absolute atomic E-state index is 0.103. The van der Waals surface area contributed by atoms with E-state index in [1.165, 1.54) is 17.0 Å². The molecule has 2 aliphatic heterocycles. The lowest BCUT2D eigenvalue weighted by Gasteiger charge is -2.38. The summed E-state index contributed by atoms with van der Waals surface area (Å²) < 4.78 is 15.0. The third-order valence-corrected chi connectivity index (χ3v) is 8.08. The van der Waals surface area contributed by atoms with Gasteiger partial charge in [-0.1, -0.05) is 56.1 Å². The fourth-order valence-electron chi connectivity index (χ4n) is 5.90. The molecule has 0 saturated carbocycles. The van der Waals surface area contributed by atoms with Crippen molar-refractivity contribution in [2.75, 3.05) is 25.5 Å². The van der Waals surface area contributed by atoms with Crippen LogP contribution in [0.25, 0.3) is 0 Å². The Balaban J connectivity index is 1.91. The zero-order valence-corrected chi connectivity index (χ0v) is 23.4. The van der Waals surface area contributed by atoms with Crippen LogP contribution in [-0.4, -0.2) is 65.3 Å². The number of fused-ring (bicyclic) bond motifs is 2. The highest BCUT2D eigenvalue weighted by atomic mass is 35.5. The minimum atomic E-state index is -1.33. The highest BCUT2D eigenvalue weighted by Crippen LogP contribution is 2.57. The Hall–Kier alpha value is -2.23. The summed E-state index contributed by atoms with van der Waals surface area (Å²) in [5.41, 5.74) is -0.0368. The normalized spacial score (nSPS) is 25.4. The van der Waals surface area contributed by atoms with E-state index in [2.05, 4.69) is 10.6 Å². The number of carbonyl (C=O) groups is 2. The summed E-state index contributed by atoms with van der Waals surface area (Å²) in [5, 5.41) is 25.8. The zero-order valence-electron chi connectivity index (χ0n) is 21.9. The van der Waals surface area contributed by atoms with E-state index in [4.69, 9.17) is 23.2 Å². The van der Waals surface area contributed by atoms with E-state index < -0.39 is 41.9 Å². The van der Waals surface area contributed by atoms with Gasteiger partial charge in [-0.15, -0.1) is 0 Å². The van der Waals surface area contributed by atoms with Gasteiger partial charge in [-0.3, -0.25) is 9.59 Å². The van der Waals surface area contributed by atoms with Gasteiger partial charge in [0.15, 0.2) is 0 Å². The maximum absolute atomic E-state index is 15.0. The fraction of sp³-hybridized carbons (Fsp3) is 0.500. The molecule has 1 saturated heterocycles. The number of carbonyl (C=O) groups excluding carboxylic acids is 2. The number of aliphatic hydroxyl groups excluding tert-OH is 2. The first-order chi connectivity index (χ1) is 17.8. The van der Waals surface area contributed by atoms with Gasteiger partial charge in [-0.25, -0.2) is 4.39 Å². The average molecular weight is 567 g/mol. The Morgan fingerprint density at radius 1 is 1.24 bits per heavy atom. The second-order valence-corrected chi connectivity index (χ2v) is 12.4. The van der Waals surface area contributed by atoms with Crippen LogP contribution in [-0.2, 0) is 15.0 Å². The molecule has 0 unspecified atom stereocenters. The molecule has 10 heteroatoms. The number of hydrogen-bond acceptors (Lipinski definition) is 5. The number of hydrogen-bond donors (Lipinski definition) is 4. The lowest BCUT2D eigenvalue weighted by atomic mass is 9.62. The molecule has 1 spiro atoms. The number of amides is 2. The van der Waals surface area contributed by atoms with Crippen molar-refractivity contribution in [1.29, 1.82) is 0 Å². The second-order valence-electron chi connectivity index (χ2n) is 11.5. The minimum Gasteiger partial charge on any atom is -0.394 e. The van der Waals surface area contributed by atoms with E-state index in [9.17, 15) is 24.2 Å². The highest BCUT2D eigenvalue weighted by molar-refractivity contribution is 6.31. The van der Waals surface area contributed by atoms with Crippen molar-refractivity contribution in [2.45, 2.75) is 63.1 Å². The smallest absolute Gasteiger partial charge is 0.240 e. The number of rotatable bonds is 7. The maximum atomic E-state index is 15.0. The van der Waals surface area contributed by atoms with E-state index in [-0.39, 0.29) is 35.2 Å². The molecule has 206 valence electrons. The number of anilines is 1. The highest BCUT2D eigenvalue weighted by Gasteiger charge is 2.66. The topological polar surface area (TPSA) is 102 Å². The van der Waals surface area contributed by atoms with Crippen molar-refractivity contribution in [3.63, 3.8) is 0 Å². The standard InChI is InChI=1S/C28H34Cl2FN3O4/c1-27(2,3)13-22-28(18-11-20(31)19(30)12-21(18)32-26(28)38)23(15-6-5-7-16(29)10-15)24(33-22)25(37)34(4)9-8-17(36)14-35/h5-7,10-12,17,22-24,33,35-36H,8-9,13-14H2,1-4H3,(H,32,38)/t17-,22+,23-,24+,28-/m0/s1. The van der Waals surface area contributed by atoms with Crippen molar-refractivity contribution < 1.29 is 24.2 Å². The van der Waals surface area contributed by atoms with Gasteiger partial charge < -0.3 is 25.7 Å². The molecular weight excluding hydrogens is 532 g/mol. The van der Waals surface area contributed by atoms with Crippen molar-refractivity contribution >= 4 is 40.7 Å². The monoisotopic (exact) mass is 565 g/mol. The van der Waals surface area contributed by atoms with E-state index in [0.717, 1.165) is 0 Å². The van der Waals surface area contributed by atoms with Crippen molar-refractivity contribution in [1.82, 2.24) is 10.2 Å². The molecule has 4 N–H and O–H groups in total. The summed E-state index contributed by atoms with van der Waals surface area (Å²) in [6.07, 6.45) is -0.250. The number of nitrogens with zero attached hydrogens (tertiary/aromatic N) is 1. The van der Waals surface area contributed by atoms with Crippen LogP contribution in [0.4, 0.5) is 10.1 Å². The molecule has 0 aromatic heterocycles. The molecule has 0 bridgehead atoms. The zero-order chi connectivity index (χ0) is 28.0. The predicted molar refractivity (Wildman–Crippen MR) is 146 cm³/mol. The molecule has 0 aliphatic carbocycles. The SMILES string of the molecule is CN(CC[C@H](O)CO)C(=O)[C@@H]1N[C@H](CC(C)(C)C)[C@]2(C(=O)Nc3cc(Cl)c(F)cc32)[C@H]1c1cccc(Cl)c1. The van der Waals surface area contributed by atoms with Gasteiger partial charge in [0, 0.05) is 36.3 Å². The number of halogens is 3. The van der Waals surface area contributed by atoms with Crippen molar-refractivity contribution in [2.24, 2.45) is 5.41 Å². The molecule has 0 radical (unpaired) electrons. The second kappa shape index (κ2) is 10.7. The predicted octanol–water partition coefficient (Wildman–Crippen LogP) is 4.08. The quantitative estimate of drug-likeness (QED) is 0.405. The lowest BCUT2D eigenvalue weighted by molar-refractivity contribution is -0.132. The Labute approximate surface area is 232 Å². The molecule has 2 aliphatic rings. The Morgan fingerprint density at radius 3 is 2.58 bits per heavy atom. The lowest BCUT2D eigenvalue weighted by Crippen LogP contribution is -2.49. The molecule has 2 aromatic rings. The van der Waals surface area contributed by atoms with E-state index in [1.54, 1.807) is 25.2 Å². The Bertz CT molecular complexity index is 1240.